The molecule has 6 heteroatoms. The molecule has 1 rings (SSSR count). The second-order valence-electron chi connectivity index (χ2n) is 5.61. The number of alkyl halides is 3. The second-order valence-corrected chi connectivity index (χ2v) is 5.61. The predicted octanol–water partition coefficient (Wildman–Crippen LogP) is 3.65. The monoisotopic (exact) mass is 321 g/mol. The van der Waals surface area contributed by atoms with Gasteiger partial charge in [0, 0.05) is 32.5 Å². The summed E-state index contributed by atoms with van der Waals surface area (Å²) in [4.78, 5) is 1.37. The van der Waals surface area contributed by atoms with Crippen molar-refractivity contribution in [3.63, 3.8) is 0 Å². The van der Waals surface area contributed by atoms with Crippen LogP contribution in [0.2, 0.25) is 0 Å². The molecule has 0 aromatic heterocycles. The van der Waals surface area contributed by atoms with E-state index in [1.54, 1.807) is 13.0 Å². The van der Waals surface area contributed by atoms with Gasteiger partial charge in [-0.1, -0.05) is 25.2 Å². The van der Waals surface area contributed by atoms with Crippen LogP contribution >= 0.6 is 0 Å². The second kappa shape index (κ2) is 8.13. The van der Waals surface area contributed by atoms with E-state index in [-0.39, 0.29) is 31.5 Å². The van der Waals surface area contributed by atoms with Crippen molar-refractivity contribution in [3.05, 3.63) is 23.8 Å². The van der Waals surface area contributed by atoms with Crippen molar-refractivity contribution in [2.24, 2.45) is 0 Å². The lowest BCUT2D eigenvalue weighted by Crippen LogP contribution is -2.54. The van der Waals surface area contributed by atoms with E-state index >= 15 is 0 Å². The maximum atomic E-state index is 13.4. The SMILES string of the molecule is CCC=CC=C(C)C(N1CCC(O)(OCC)CC1)C(F)(F)F. The number of nitrogens with zero attached hydrogens (tertiary/aromatic N) is 1. The molecule has 0 saturated carbocycles. The largest absolute Gasteiger partial charge is 0.407 e. The first kappa shape index (κ1) is 19.2. The molecule has 0 bridgehead atoms. The minimum Gasteiger partial charge on any atom is -0.365 e. The number of rotatable bonds is 6. The maximum Gasteiger partial charge on any atom is 0.407 e. The number of allylic oxidation sites excluding steroid dienone is 3. The normalized spacial score (nSPS) is 22.2. The number of hydrogen-bond donors (Lipinski definition) is 1. The zero-order valence-electron chi connectivity index (χ0n) is 13.5. The van der Waals surface area contributed by atoms with E-state index in [0.29, 0.717) is 6.61 Å². The Hall–Kier alpha value is -0.850. The average Bonchev–Trinajstić information content (AvgIpc) is 2.40. The molecule has 0 spiro atoms. The molecule has 128 valence electrons. The smallest absolute Gasteiger partial charge is 0.365 e. The Kier molecular flexibility index (Phi) is 7.09. The standard InChI is InChI=1S/C16H26F3NO2/c1-4-6-7-8-13(3)14(16(17,18)19)20-11-9-15(21,10-12-20)22-5-2/h6-8,14,21H,4-5,9-12H2,1-3H3. The highest BCUT2D eigenvalue weighted by atomic mass is 19.4. The van der Waals surface area contributed by atoms with E-state index < -0.39 is 18.0 Å². The minimum atomic E-state index is -4.33. The predicted molar refractivity (Wildman–Crippen MR) is 80.4 cm³/mol. The average molecular weight is 321 g/mol. The van der Waals surface area contributed by atoms with Gasteiger partial charge < -0.3 is 9.84 Å². The summed E-state index contributed by atoms with van der Waals surface area (Å²) in [6.07, 6.45) is 1.82. The summed E-state index contributed by atoms with van der Waals surface area (Å²) >= 11 is 0. The number of likely N-dealkylation sites (tertiary alicyclic amines) is 1. The summed E-state index contributed by atoms with van der Waals surface area (Å²) in [6, 6.07) is -1.61. The fraction of sp³-hybridized carbons (Fsp3) is 0.750. The Morgan fingerprint density at radius 2 is 1.91 bits per heavy atom. The van der Waals surface area contributed by atoms with Crippen LogP contribution < -0.4 is 0 Å². The van der Waals surface area contributed by atoms with E-state index in [1.165, 1.54) is 17.9 Å². The summed E-state index contributed by atoms with van der Waals surface area (Å²) in [5.41, 5.74) is 0.263. The third kappa shape index (κ3) is 5.41. The van der Waals surface area contributed by atoms with Crippen LogP contribution in [-0.4, -0.2) is 47.7 Å². The van der Waals surface area contributed by atoms with Crippen LogP contribution in [-0.2, 0) is 4.74 Å². The van der Waals surface area contributed by atoms with E-state index in [4.69, 9.17) is 4.74 Å². The molecule has 1 aliphatic heterocycles. The quantitative estimate of drug-likeness (QED) is 0.599. The van der Waals surface area contributed by atoms with Crippen LogP contribution in [0.15, 0.2) is 23.8 Å². The Morgan fingerprint density at radius 3 is 2.36 bits per heavy atom. The zero-order chi connectivity index (χ0) is 16.8. The number of hydrogen-bond acceptors (Lipinski definition) is 3. The van der Waals surface area contributed by atoms with Gasteiger partial charge in [-0.05, 0) is 25.8 Å². The fourth-order valence-electron chi connectivity index (χ4n) is 2.74. The first-order chi connectivity index (χ1) is 10.2. The summed E-state index contributed by atoms with van der Waals surface area (Å²) in [5, 5.41) is 10.1. The molecule has 3 nitrogen and oxygen atoms in total. The Balaban J connectivity index is 2.83. The Labute approximate surface area is 130 Å². The maximum absolute atomic E-state index is 13.4. The lowest BCUT2D eigenvalue weighted by atomic mass is 9.98. The van der Waals surface area contributed by atoms with Crippen molar-refractivity contribution in [2.45, 2.75) is 58.0 Å². The first-order valence-corrected chi connectivity index (χ1v) is 7.74. The molecule has 1 fully saturated rings. The highest BCUT2D eigenvalue weighted by molar-refractivity contribution is 5.18. The van der Waals surface area contributed by atoms with Crippen LogP contribution in [0.5, 0.6) is 0 Å². The third-order valence-corrected chi connectivity index (χ3v) is 3.83. The molecular weight excluding hydrogens is 295 g/mol. The lowest BCUT2D eigenvalue weighted by Gasteiger charge is -2.42. The summed E-state index contributed by atoms with van der Waals surface area (Å²) in [6.45, 7) is 5.85. The fourth-order valence-corrected chi connectivity index (χ4v) is 2.74. The van der Waals surface area contributed by atoms with Gasteiger partial charge >= 0.3 is 6.18 Å². The number of halogens is 3. The van der Waals surface area contributed by atoms with Gasteiger partial charge in [0.2, 0.25) is 0 Å². The summed E-state index contributed by atoms with van der Waals surface area (Å²) in [7, 11) is 0. The molecule has 1 atom stereocenters. The zero-order valence-corrected chi connectivity index (χ0v) is 13.5. The minimum absolute atomic E-state index is 0.156. The van der Waals surface area contributed by atoms with Gasteiger partial charge in [-0.15, -0.1) is 0 Å². The van der Waals surface area contributed by atoms with Crippen LogP contribution in [0.3, 0.4) is 0 Å². The molecule has 0 amide bonds. The van der Waals surface area contributed by atoms with Gasteiger partial charge in [0.05, 0.1) is 0 Å². The summed E-state index contributed by atoms with van der Waals surface area (Å²) in [5.74, 6) is -1.29. The van der Waals surface area contributed by atoms with Gasteiger partial charge in [-0.3, -0.25) is 4.90 Å². The molecule has 1 saturated heterocycles. The van der Waals surface area contributed by atoms with Crippen molar-refractivity contribution in [1.29, 1.82) is 0 Å². The van der Waals surface area contributed by atoms with E-state index in [1.807, 2.05) is 13.0 Å². The molecule has 1 aliphatic rings. The number of ether oxygens (including phenoxy) is 1. The Bertz CT molecular complexity index is 397. The van der Waals surface area contributed by atoms with Crippen LogP contribution in [0.1, 0.15) is 40.0 Å². The molecule has 1 N–H and O–H groups in total. The molecule has 0 aliphatic carbocycles. The van der Waals surface area contributed by atoms with Crippen LogP contribution in [0, 0.1) is 0 Å². The molecule has 22 heavy (non-hydrogen) atoms. The number of aliphatic hydroxyl groups is 1. The molecule has 1 unspecified atom stereocenters. The van der Waals surface area contributed by atoms with E-state index in [9.17, 15) is 18.3 Å². The van der Waals surface area contributed by atoms with Crippen LogP contribution in [0.4, 0.5) is 13.2 Å². The van der Waals surface area contributed by atoms with Crippen molar-refractivity contribution in [1.82, 2.24) is 4.90 Å². The van der Waals surface area contributed by atoms with Crippen LogP contribution in [0.25, 0.3) is 0 Å². The van der Waals surface area contributed by atoms with Crippen molar-refractivity contribution >= 4 is 0 Å². The van der Waals surface area contributed by atoms with Gasteiger partial charge in [-0.25, -0.2) is 0 Å². The van der Waals surface area contributed by atoms with Crippen molar-refractivity contribution in [3.8, 4) is 0 Å². The Morgan fingerprint density at radius 1 is 1.32 bits per heavy atom. The molecule has 0 radical (unpaired) electrons. The summed E-state index contributed by atoms with van der Waals surface area (Å²) < 4.78 is 45.5. The van der Waals surface area contributed by atoms with Crippen molar-refractivity contribution < 1.29 is 23.0 Å². The number of piperidine rings is 1. The van der Waals surface area contributed by atoms with E-state index in [2.05, 4.69) is 0 Å². The lowest BCUT2D eigenvalue weighted by molar-refractivity contribution is -0.238. The van der Waals surface area contributed by atoms with Gasteiger partial charge in [0.15, 0.2) is 5.79 Å². The van der Waals surface area contributed by atoms with Gasteiger partial charge in [0.25, 0.3) is 0 Å². The van der Waals surface area contributed by atoms with Gasteiger partial charge in [0.1, 0.15) is 6.04 Å². The molecule has 0 aromatic rings. The highest BCUT2D eigenvalue weighted by Crippen LogP contribution is 2.34. The molecular formula is C16H26F3NO2. The third-order valence-electron chi connectivity index (χ3n) is 3.83. The van der Waals surface area contributed by atoms with Crippen molar-refractivity contribution in [2.75, 3.05) is 19.7 Å². The van der Waals surface area contributed by atoms with Gasteiger partial charge in [-0.2, -0.15) is 13.2 Å². The highest BCUT2D eigenvalue weighted by Gasteiger charge is 2.47. The topological polar surface area (TPSA) is 32.7 Å². The molecule has 1 heterocycles. The molecule has 0 aromatic carbocycles. The first-order valence-electron chi connectivity index (χ1n) is 7.74. The van der Waals surface area contributed by atoms with E-state index in [0.717, 1.165) is 6.42 Å².